The second-order valence-corrected chi connectivity index (χ2v) is 6.45. The van der Waals surface area contributed by atoms with Gasteiger partial charge in [0.2, 0.25) is 0 Å². The molecule has 0 bridgehead atoms. The van der Waals surface area contributed by atoms with Crippen LogP contribution in [0.2, 0.25) is 0 Å². The molecule has 1 aromatic rings. The topological polar surface area (TPSA) is 29.3 Å². The van der Waals surface area contributed by atoms with Gasteiger partial charge in [-0.05, 0) is 50.0 Å². The highest BCUT2D eigenvalue weighted by atomic mass is 79.9. The molecule has 0 aromatic heterocycles. The van der Waals surface area contributed by atoms with Gasteiger partial charge in [-0.1, -0.05) is 47.3 Å². The Bertz CT molecular complexity index is 375. The van der Waals surface area contributed by atoms with E-state index in [1.165, 1.54) is 42.1 Å². The quantitative estimate of drug-likeness (QED) is 0.858. The number of hydrogen-bond acceptors (Lipinski definition) is 2. The van der Waals surface area contributed by atoms with Crippen LogP contribution in [0.3, 0.4) is 0 Å². The predicted octanol–water partition coefficient (Wildman–Crippen LogP) is 3.93. The van der Waals surface area contributed by atoms with Gasteiger partial charge in [-0.3, -0.25) is 4.90 Å². The van der Waals surface area contributed by atoms with Crippen molar-refractivity contribution >= 4 is 15.9 Å². The summed E-state index contributed by atoms with van der Waals surface area (Å²) >= 11 is 3.56. The van der Waals surface area contributed by atoms with E-state index in [2.05, 4.69) is 45.1 Å². The van der Waals surface area contributed by atoms with Crippen LogP contribution in [0, 0.1) is 0 Å². The fourth-order valence-corrected chi connectivity index (χ4v) is 3.45. The largest absolute Gasteiger partial charge is 0.330 e. The van der Waals surface area contributed by atoms with Crippen LogP contribution in [0.4, 0.5) is 0 Å². The molecule has 0 amide bonds. The van der Waals surface area contributed by atoms with Crippen LogP contribution in [0.1, 0.15) is 44.1 Å². The average molecular weight is 325 g/mol. The predicted molar refractivity (Wildman–Crippen MR) is 85.1 cm³/mol. The van der Waals surface area contributed by atoms with E-state index < -0.39 is 0 Å². The molecule has 0 radical (unpaired) electrons. The summed E-state index contributed by atoms with van der Waals surface area (Å²) in [5.41, 5.74) is 7.09. The molecule has 2 N–H and O–H groups in total. The maximum Gasteiger partial charge on any atom is 0.0237 e. The minimum absolute atomic E-state index is 0.763. The van der Waals surface area contributed by atoms with Crippen molar-refractivity contribution in [3.05, 3.63) is 34.3 Å². The Hall–Kier alpha value is -0.380. The number of hydrogen-bond donors (Lipinski definition) is 1. The number of halogens is 1. The molecule has 0 aliphatic heterocycles. The van der Waals surface area contributed by atoms with E-state index in [1.807, 2.05) is 0 Å². The first-order valence-corrected chi connectivity index (χ1v) is 8.27. The van der Waals surface area contributed by atoms with Gasteiger partial charge < -0.3 is 5.73 Å². The Morgan fingerprint density at radius 3 is 2.68 bits per heavy atom. The van der Waals surface area contributed by atoms with Crippen LogP contribution in [0.15, 0.2) is 28.7 Å². The Morgan fingerprint density at radius 2 is 2.00 bits per heavy atom. The lowest BCUT2D eigenvalue weighted by molar-refractivity contribution is 0.147. The second kappa shape index (κ2) is 8.03. The van der Waals surface area contributed by atoms with Gasteiger partial charge in [-0.15, -0.1) is 0 Å². The van der Waals surface area contributed by atoms with E-state index in [0.717, 1.165) is 32.1 Å². The molecule has 0 unspecified atom stereocenters. The Kier molecular flexibility index (Phi) is 6.35. The fraction of sp³-hybridized carbons (Fsp3) is 0.625. The van der Waals surface area contributed by atoms with Gasteiger partial charge in [0.25, 0.3) is 0 Å². The summed E-state index contributed by atoms with van der Waals surface area (Å²) in [5.74, 6) is 0. The van der Waals surface area contributed by atoms with Crippen molar-refractivity contribution in [2.75, 3.05) is 13.1 Å². The van der Waals surface area contributed by atoms with Crippen LogP contribution < -0.4 is 5.73 Å². The molecular weight excluding hydrogens is 300 g/mol. The monoisotopic (exact) mass is 324 g/mol. The third kappa shape index (κ3) is 4.90. The third-order valence-corrected chi connectivity index (χ3v) is 4.51. The maximum atomic E-state index is 5.69. The zero-order valence-electron chi connectivity index (χ0n) is 11.7. The molecule has 0 atom stereocenters. The normalized spacial score (nSPS) is 17.0. The average Bonchev–Trinajstić information content (AvgIpc) is 2.44. The SMILES string of the molecule is NCCCN(Cc1cccc(Br)c1)C1CCCCC1. The lowest BCUT2D eigenvalue weighted by atomic mass is 9.93. The molecule has 0 spiro atoms. The first kappa shape index (κ1) is 15.0. The molecule has 1 aliphatic carbocycles. The Morgan fingerprint density at radius 1 is 1.21 bits per heavy atom. The third-order valence-electron chi connectivity index (χ3n) is 4.02. The highest BCUT2D eigenvalue weighted by Gasteiger charge is 2.20. The van der Waals surface area contributed by atoms with E-state index in [0.29, 0.717) is 0 Å². The maximum absolute atomic E-state index is 5.69. The lowest BCUT2D eigenvalue weighted by Crippen LogP contribution is -2.37. The van der Waals surface area contributed by atoms with Crippen molar-refractivity contribution in [2.24, 2.45) is 5.73 Å². The van der Waals surface area contributed by atoms with Crippen LogP contribution in [0.5, 0.6) is 0 Å². The van der Waals surface area contributed by atoms with Gasteiger partial charge in [-0.25, -0.2) is 0 Å². The Balaban J connectivity index is 1.99. The van der Waals surface area contributed by atoms with Crippen molar-refractivity contribution in [3.8, 4) is 0 Å². The molecule has 1 fully saturated rings. The van der Waals surface area contributed by atoms with Gasteiger partial charge in [-0.2, -0.15) is 0 Å². The number of nitrogens with two attached hydrogens (primary N) is 1. The summed E-state index contributed by atoms with van der Waals surface area (Å²) in [5, 5.41) is 0. The van der Waals surface area contributed by atoms with Crippen LogP contribution in [0.25, 0.3) is 0 Å². The fourth-order valence-electron chi connectivity index (χ4n) is 3.00. The molecule has 2 rings (SSSR count). The van der Waals surface area contributed by atoms with Crippen molar-refractivity contribution in [2.45, 2.75) is 51.1 Å². The van der Waals surface area contributed by atoms with Gasteiger partial charge in [0.15, 0.2) is 0 Å². The molecule has 106 valence electrons. The zero-order chi connectivity index (χ0) is 13.5. The number of nitrogens with zero attached hydrogens (tertiary/aromatic N) is 1. The minimum atomic E-state index is 0.763. The van der Waals surface area contributed by atoms with Gasteiger partial charge in [0.1, 0.15) is 0 Å². The van der Waals surface area contributed by atoms with Crippen LogP contribution in [-0.2, 0) is 6.54 Å². The van der Waals surface area contributed by atoms with Crippen molar-refractivity contribution < 1.29 is 0 Å². The standard InChI is InChI=1S/C16H25BrN2/c17-15-7-4-6-14(12-15)13-19(11-5-10-18)16-8-2-1-3-9-16/h4,6-7,12,16H,1-3,5,8-11,13,18H2. The van der Waals surface area contributed by atoms with Crippen molar-refractivity contribution in [1.29, 1.82) is 0 Å². The van der Waals surface area contributed by atoms with E-state index in [9.17, 15) is 0 Å². The van der Waals surface area contributed by atoms with Gasteiger partial charge >= 0.3 is 0 Å². The van der Waals surface area contributed by atoms with E-state index in [1.54, 1.807) is 0 Å². The molecule has 2 nitrogen and oxygen atoms in total. The molecule has 1 saturated carbocycles. The molecular formula is C16H25BrN2. The smallest absolute Gasteiger partial charge is 0.0237 e. The molecule has 1 aliphatic rings. The summed E-state index contributed by atoms with van der Waals surface area (Å²) in [6, 6.07) is 9.44. The summed E-state index contributed by atoms with van der Waals surface area (Å²) < 4.78 is 1.17. The first-order chi connectivity index (χ1) is 9.29. The minimum Gasteiger partial charge on any atom is -0.330 e. The van der Waals surface area contributed by atoms with Gasteiger partial charge in [0.05, 0.1) is 0 Å². The highest BCUT2D eigenvalue weighted by molar-refractivity contribution is 9.10. The summed E-state index contributed by atoms with van der Waals surface area (Å²) in [7, 11) is 0. The number of rotatable bonds is 6. The Labute approximate surface area is 125 Å². The molecule has 3 heteroatoms. The molecule has 1 aromatic carbocycles. The number of benzene rings is 1. The molecule has 0 heterocycles. The molecule has 0 saturated heterocycles. The molecule has 19 heavy (non-hydrogen) atoms. The summed E-state index contributed by atoms with van der Waals surface area (Å²) in [4.78, 5) is 2.65. The van der Waals surface area contributed by atoms with Crippen LogP contribution >= 0.6 is 15.9 Å². The van der Waals surface area contributed by atoms with Crippen LogP contribution in [-0.4, -0.2) is 24.0 Å². The first-order valence-electron chi connectivity index (χ1n) is 7.48. The van der Waals surface area contributed by atoms with Gasteiger partial charge in [0, 0.05) is 17.1 Å². The lowest BCUT2D eigenvalue weighted by Gasteiger charge is -2.34. The van der Waals surface area contributed by atoms with E-state index in [-0.39, 0.29) is 0 Å². The highest BCUT2D eigenvalue weighted by Crippen LogP contribution is 2.24. The second-order valence-electron chi connectivity index (χ2n) is 5.53. The summed E-state index contributed by atoms with van der Waals surface area (Å²) in [6.07, 6.45) is 8.02. The van der Waals surface area contributed by atoms with E-state index >= 15 is 0 Å². The zero-order valence-corrected chi connectivity index (χ0v) is 13.2. The van der Waals surface area contributed by atoms with Crippen molar-refractivity contribution in [1.82, 2.24) is 4.90 Å². The summed E-state index contributed by atoms with van der Waals surface area (Å²) in [6.45, 7) is 2.99. The van der Waals surface area contributed by atoms with E-state index in [4.69, 9.17) is 5.73 Å². The van der Waals surface area contributed by atoms with Crippen molar-refractivity contribution in [3.63, 3.8) is 0 Å².